The Morgan fingerprint density at radius 2 is 1.85 bits per heavy atom. The number of aliphatic hydroxyl groups is 1. The Morgan fingerprint density at radius 3 is 2.08 bits per heavy atom. The summed E-state index contributed by atoms with van der Waals surface area (Å²) in [6, 6.07) is 0.858. The lowest BCUT2D eigenvalue weighted by Gasteiger charge is -2.21. The summed E-state index contributed by atoms with van der Waals surface area (Å²) < 4.78 is 10.4. The molecule has 6 heteroatoms. The summed E-state index contributed by atoms with van der Waals surface area (Å²) in [6.45, 7) is 2.21. The van der Waals surface area contributed by atoms with Crippen LogP contribution in [-0.2, 0) is 13.6 Å². The van der Waals surface area contributed by atoms with E-state index in [0.717, 1.165) is 18.5 Å². The topological polar surface area (TPSA) is 79.6 Å². The monoisotopic (exact) mass is 207 g/mol. The van der Waals surface area contributed by atoms with E-state index in [1.807, 2.05) is 6.55 Å². The van der Waals surface area contributed by atoms with Gasteiger partial charge in [0.05, 0.1) is 0 Å². The fourth-order valence-corrected chi connectivity index (χ4v) is 2.06. The quantitative estimate of drug-likeness (QED) is 0.394. The van der Waals surface area contributed by atoms with Gasteiger partial charge >= 0.3 is 8.56 Å². The highest BCUT2D eigenvalue weighted by atomic mass is 28.4. The zero-order valence-corrected chi connectivity index (χ0v) is 9.29. The zero-order chi connectivity index (χ0) is 10.7. The third-order valence-electron chi connectivity index (χ3n) is 1.65. The predicted molar refractivity (Wildman–Crippen MR) is 50.6 cm³/mol. The molecule has 0 aliphatic rings. The van der Waals surface area contributed by atoms with Gasteiger partial charge in [0.25, 0.3) is 0 Å². The fraction of sp³-hybridized carbons (Fsp3) is 0.857. The summed E-state index contributed by atoms with van der Waals surface area (Å²) in [5.74, 6) is 0. The van der Waals surface area contributed by atoms with Crippen LogP contribution in [0.5, 0.6) is 0 Å². The Bertz CT molecular complexity index is 143. The molecule has 78 valence electrons. The fourth-order valence-electron chi connectivity index (χ4n) is 0.688. The van der Waals surface area contributed by atoms with E-state index in [1.165, 1.54) is 0 Å². The van der Waals surface area contributed by atoms with Gasteiger partial charge in [-0.3, -0.25) is 0 Å². The molecule has 0 unspecified atom stereocenters. The predicted octanol–water partition coefficient (Wildman–Crippen LogP) is 0.635. The minimum absolute atomic E-state index is 0.218. The lowest BCUT2D eigenvalue weighted by Crippen LogP contribution is -2.35. The smallest absolute Gasteiger partial charge is 0.334 e. The van der Waals surface area contributed by atoms with Crippen molar-refractivity contribution in [2.24, 2.45) is 0 Å². The van der Waals surface area contributed by atoms with Crippen LogP contribution >= 0.6 is 0 Å². The maximum atomic E-state index is 8.53. The van der Waals surface area contributed by atoms with Gasteiger partial charge in [-0.25, -0.2) is 10.2 Å². The Balaban J connectivity index is 0. The summed E-state index contributed by atoms with van der Waals surface area (Å²) in [4.78, 5) is 8.35. The van der Waals surface area contributed by atoms with E-state index in [9.17, 15) is 0 Å². The van der Waals surface area contributed by atoms with Crippen molar-refractivity contribution < 1.29 is 18.8 Å². The van der Waals surface area contributed by atoms with E-state index in [0.29, 0.717) is 0 Å². The van der Waals surface area contributed by atoms with Crippen molar-refractivity contribution in [1.29, 1.82) is 5.41 Å². The van der Waals surface area contributed by atoms with Crippen LogP contribution in [0.25, 0.3) is 0 Å². The normalized spacial score (nSPS) is 9.85. The second kappa shape index (κ2) is 9.56. The molecular weight excluding hydrogens is 190 g/mol. The first kappa shape index (κ1) is 15.0. The highest BCUT2D eigenvalue weighted by Crippen LogP contribution is 2.12. The minimum Gasteiger partial charge on any atom is -0.398 e. The first-order chi connectivity index (χ1) is 6.10. The molecule has 0 rings (SSSR count). The van der Waals surface area contributed by atoms with Crippen molar-refractivity contribution in [2.45, 2.75) is 19.0 Å². The van der Waals surface area contributed by atoms with Crippen LogP contribution in [0.15, 0.2) is 0 Å². The molecule has 0 saturated heterocycles. The van der Waals surface area contributed by atoms with E-state index in [-0.39, 0.29) is 6.61 Å². The molecule has 5 nitrogen and oxygen atoms in total. The van der Waals surface area contributed by atoms with Gasteiger partial charge in [-0.1, -0.05) is 0 Å². The van der Waals surface area contributed by atoms with Gasteiger partial charge in [-0.15, -0.1) is 0 Å². The lowest BCUT2D eigenvalue weighted by atomic mass is 10.5. The average molecular weight is 207 g/mol. The molecule has 2 N–H and O–H groups in total. The first-order valence-corrected chi connectivity index (χ1v) is 6.37. The van der Waals surface area contributed by atoms with Crippen LogP contribution in [0, 0.1) is 5.41 Å². The molecular formula is C7H17NO4Si. The molecule has 0 aliphatic carbocycles. The van der Waals surface area contributed by atoms with Gasteiger partial charge < -0.3 is 14.0 Å². The first-order valence-electron chi connectivity index (χ1n) is 3.85. The van der Waals surface area contributed by atoms with Gasteiger partial charge in [-0.2, -0.15) is 0 Å². The Morgan fingerprint density at radius 1 is 1.46 bits per heavy atom. The molecule has 0 bridgehead atoms. The van der Waals surface area contributed by atoms with Crippen LogP contribution in [0.3, 0.4) is 0 Å². The van der Waals surface area contributed by atoms with Crippen molar-refractivity contribution in [3.8, 4) is 0 Å². The molecule has 0 atom stereocenters. The molecule has 0 fully saturated rings. The number of carbonyl (C=O) groups excluding carboxylic acids is 1. The lowest BCUT2D eigenvalue weighted by molar-refractivity contribution is 0.238. The summed E-state index contributed by atoms with van der Waals surface area (Å²) in [6.07, 6.45) is 1.52. The molecule has 0 aromatic heterocycles. The molecule has 13 heavy (non-hydrogen) atoms. The number of isocyanates is 1. The maximum Gasteiger partial charge on any atom is 0.334 e. The van der Waals surface area contributed by atoms with Gasteiger partial charge in [0.1, 0.15) is 0 Å². The molecule has 0 amide bonds. The number of nitrogens with one attached hydrogen (secondary N) is 1. The molecule has 0 radical (unpaired) electrons. The van der Waals surface area contributed by atoms with Gasteiger partial charge in [-0.05, 0) is 19.0 Å². The zero-order valence-electron chi connectivity index (χ0n) is 8.29. The maximum absolute atomic E-state index is 8.53. The molecule has 0 aromatic rings. The highest BCUT2D eigenvalue weighted by Gasteiger charge is 2.27. The molecule has 0 heterocycles. The standard InChI is InChI=1S/C6H16O3Si.CHNO/c1-8-10(3,9-2)6-4-5-7;2-1-3/h7H,4-6H2,1-3H3;2H. The van der Waals surface area contributed by atoms with Crippen molar-refractivity contribution >= 4 is 14.6 Å². The van der Waals surface area contributed by atoms with Crippen LogP contribution in [-0.4, -0.2) is 40.6 Å². The molecule has 0 aliphatic heterocycles. The Hall–Kier alpha value is -0.523. The SMILES string of the molecule is CO[Si](C)(CCCO)OC.N=C=O. The number of rotatable bonds is 5. The van der Waals surface area contributed by atoms with Gasteiger partial charge in [0, 0.05) is 20.8 Å². The minimum atomic E-state index is -1.88. The third kappa shape index (κ3) is 9.39. The number of aliphatic hydroxyl groups excluding tert-OH is 1. The van der Waals surface area contributed by atoms with Crippen molar-refractivity contribution in [2.75, 3.05) is 20.8 Å². The van der Waals surface area contributed by atoms with E-state index < -0.39 is 8.56 Å². The summed E-state index contributed by atoms with van der Waals surface area (Å²) in [5, 5.41) is 13.9. The largest absolute Gasteiger partial charge is 0.398 e. The Kier molecular flexibility index (Phi) is 11.0. The summed E-state index contributed by atoms with van der Waals surface area (Å²) >= 11 is 0. The summed E-state index contributed by atoms with van der Waals surface area (Å²) in [7, 11) is 1.44. The van der Waals surface area contributed by atoms with Crippen molar-refractivity contribution in [1.82, 2.24) is 0 Å². The second-order valence-electron chi connectivity index (χ2n) is 2.47. The second-order valence-corrected chi connectivity index (χ2v) is 6.06. The van der Waals surface area contributed by atoms with E-state index in [2.05, 4.69) is 0 Å². The Labute approximate surface area is 79.4 Å². The highest BCUT2D eigenvalue weighted by molar-refractivity contribution is 6.65. The van der Waals surface area contributed by atoms with E-state index in [1.54, 1.807) is 14.2 Å². The van der Waals surface area contributed by atoms with Crippen LogP contribution in [0.2, 0.25) is 12.6 Å². The number of hydrogen-bond donors (Lipinski definition) is 2. The third-order valence-corrected chi connectivity index (χ3v) is 4.64. The van der Waals surface area contributed by atoms with Gasteiger partial charge in [0.15, 0.2) is 0 Å². The van der Waals surface area contributed by atoms with Crippen molar-refractivity contribution in [3.05, 3.63) is 0 Å². The van der Waals surface area contributed by atoms with E-state index >= 15 is 0 Å². The van der Waals surface area contributed by atoms with Crippen LogP contribution in [0.1, 0.15) is 6.42 Å². The van der Waals surface area contributed by atoms with Gasteiger partial charge in [0.2, 0.25) is 6.08 Å². The molecule has 0 aromatic carbocycles. The van der Waals surface area contributed by atoms with Crippen LogP contribution < -0.4 is 0 Å². The molecule has 0 saturated carbocycles. The van der Waals surface area contributed by atoms with E-state index in [4.69, 9.17) is 24.2 Å². The average Bonchev–Trinajstić information content (AvgIpc) is 2.15. The molecule has 0 spiro atoms. The van der Waals surface area contributed by atoms with Crippen LogP contribution in [0.4, 0.5) is 0 Å². The van der Waals surface area contributed by atoms with Crippen molar-refractivity contribution in [3.63, 3.8) is 0 Å². The number of hydrogen-bond acceptors (Lipinski definition) is 5. The summed E-state index contributed by atoms with van der Waals surface area (Å²) in [5.41, 5.74) is 0.